The zero-order chi connectivity index (χ0) is 31.0. The molecule has 5 saturated carbocycles. The average molecular weight is 571 g/mol. The molecule has 4 nitrogen and oxygen atoms in total. The highest BCUT2D eigenvalue weighted by atomic mass is 16.2. The van der Waals surface area contributed by atoms with Gasteiger partial charge in [0.1, 0.15) is 0 Å². The van der Waals surface area contributed by atoms with Gasteiger partial charge in [-0.25, -0.2) is 0 Å². The van der Waals surface area contributed by atoms with Crippen LogP contribution in [0.3, 0.4) is 0 Å². The van der Waals surface area contributed by atoms with E-state index in [0.29, 0.717) is 24.8 Å². The largest absolute Gasteiger partial charge is 0.297 e. The maximum Gasteiger partial charge on any atom is 0.184 e. The van der Waals surface area contributed by atoms with Crippen LogP contribution >= 0.6 is 0 Å². The van der Waals surface area contributed by atoms with Crippen LogP contribution < -0.4 is 0 Å². The monoisotopic (exact) mass is 570 g/mol. The smallest absolute Gasteiger partial charge is 0.184 e. The van der Waals surface area contributed by atoms with Gasteiger partial charge in [-0.3, -0.25) is 19.2 Å². The lowest BCUT2D eigenvalue weighted by Crippen LogP contribution is -2.75. The van der Waals surface area contributed by atoms with Gasteiger partial charge >= 0.3 is 0 Å². The fourth-order valence-electron chi connectivity index (χ4n) is 10.2. The molecule has 226 valence electrons. The number of hydrogen-bond donors (Lipinski definition) is 0. The SMILES string of the molecule is CC(C)=CCCC(C)=CCC12CC3CC4C(CC(C(C)C)C4(C)C)(C1=O)C(=O)C(C(=O)c1ccccc1)(C2=O)C3(C)C. The van der Waals surface area contributed by atoms with E-state index in [9.17, 15) is 4.79 Å². The van der Waals surface area contributed by atoms with E-state index in [2.05, 4.69) is 60.6 Å². The van der Waals surface area contributed by atoms with E-state index >= 15 is 14.4 Å². The number of carbonyl (C=O) groups is 4. The van der Waals surface area contributed by atoms with Gasteiger partial charge in [-0.1, -0.05) is 95.2 Å². The maximum absolute atomic E-state index is 15.4. The lowest BCUT2D eigenvalue weighted by Gasteiger charge is -2.60. The Kier molecular flexibility index (Phi) is 7.31. The molecular formula is C38H50O4. The summed E-state index contributed by atoms with van der Waals surface area (Å²) >= 11 is 0. The van der Waals surface area contributed by atoms with E-state index in [4.69, 9.17) is 0 Å². The van der Waals surface area contributed by atoms with E-state index < -0.39 is 33.2 Å². The Morgan fingerprint density at radius 2 is 1.55 bits per heavy atom. The third-order valence-corrected chi connectivity index (χ3v) is 12.5. The molecule has 4 bridgehead atoms. The summed E-state index contributed by atoms with van der Waals surface area (Å²) in [7, 11) is 0. The van der Waals surface area contributed by atoms with Gasteiger partial charge in [0.15, 0.2) is 28.5 Å². The quantitative estimate of drug-likeness (QED) is 0.179. The molecule has 1 aromatic rings. The number of Topliss-reactive ketones (excluding diaryl/α,β-unsaturated/α-hetero) is 4. The number of benzene rings is 1. The fourth-order valence-corrected chi connectivity index (χ4v) is 10.2. The van der Waals surface area contributed by atoms with Crippen LogP contribution in [-0.2, 0) is 14.4 Å². The molecule has 1 aromatic carbocycles. The summed E-state index contributed by atoms with van der Waals surface area (Å²) < 4.78 is 0. The first kappa shape index (κ1) is 30.8. The Morgan fingerprint density at radius 1 is 0.905 bits per heavy atom. The zero-order valence-electron chi connectivity index (χ0n) is 27.2. The second-order valence-electron chi connectivity index (χ2n) is 15.8. The normalized spacial score (nSPS) is 36.3. The standard InChI is InChI=1S/C38H50O4/c1-23(2)14-13-15-25(5)18-19-36-21-27-20-29-34(6,7)28(24(3)4)22-37(29,31(36)40)33(42)38(32(36)41,35(27,8)9)30(39)26-16-11-10-12-17-26/h10-12,14,16-18,24,27-29H,13,15,19-22H2,1-9H3. The molecule has 0 N–H and O–H groups in total. The van der Waals surface area contributed by atoms with Gasteiger partial charge in [-0.2, -0.15) is 0 Å². The lowest BCUT2D eigenvalue weighted by molar-refractivity contribution is -0.181. The minimum absolute atomic E-state index is 0.102. The minimum atomic E-state index is -1.87. The highest BCUT2D eigenvalue weighted by Crippen LogP contribution is 2.77. The topological polar surface area (TPSA) is 68.3 Å². The van der Waals surface area contributed by atoms with Crippen LogP contribution in [0.2, 0.25) is 0 Å². The Labute approximate surface area is 252 Å². The fraction of sp³-hybridized carbons (Fsp3) is 0.632. The molecule has 6 rings (SSSR count). The van der Waals surface area contributed by atoms with E-state index in [-0.39, 0.29) is 47.1 Å². The highest BCUT2D eigenvalue weighted by molar-refractivity contribution is 6.42. The van der Waals surface area contributed by atoms with Gasteiger partial charge in [-0.15, -0.1) is 0 Å². The van der Waals surface area contributed by atoms with E-state index in [1.807, 2.05) is 19.9 Å². The van der Waals surface area contributed by atoms with Crippen molar-refractivity contribution in [2.45, 2.75) is 101 Å². The highest BCUT2D eigenvalue weighted by Gasteiger charge is 2.86. The van der Waals surface area contributed by atoms with Gasteiger partial charge in [0.2, 0.25) is 0 Å². The van der Waals surface area contributed by atoms with Crippen LogP contribution in [0.5, 0.6) is 0 Å². The predicted molar refractivity (Wildman–Crippen MR) is 167 cm³/mol. The molecule has 0 radical (unpaired) electrons. The van der Waals surface area contributed by atoms with Crippen LogP contribution in [0.25, 0.3) is 0 Å². The van der Waals surface area contributed by atoms with Gasteiger partial charge < -0.3 is 0 Å². The number of hydrogen-bond acceptors (Lipinski definition) is 4. The third-order valence-electron chi connectivity index (χ3n) is 12.5. The van der Waals surface area contributed by atoms with E-state index in [0.717, 1.165) is 18.4 Å². The molecule has 0 aliphatic heterocycles. The number of rotatable bonds is 8. The molecule has 6 unspecified atom stereocenters. The Bertz CT molecular complexity index is 1390. The van der Waals surface area contributed by atoms with Crippen molar-refractivity contribution in [3.63, 3.8) is 0 Å². The molecule has 4 heteroatoms. The van der Waals surface area contributed by atoms with E-state index in [1.54, 1.807) is 24.3 Å². The van der Waals surface area contributed by atoms with Crippen LogP contribution in [0.15, 0.2) is 53.6 Å². The summed E-state index contributed by atoms with van der Waals surface area (Å²) in [5.74, 6) is -1.26. The van der Waals surface area contributed by atoms with Gasteiger partial charge in [0.25, 0.3) is 0 Å². The minimum Gasteiger partial charge on any atom is -0.297 e. The van der Waals surface area contributed by atoms with Crippen molar-refractivity contribution in [1.82, 2.24) is 0 Å². The molecule has 0 heterocycles. The lowest BCUT2D eigenvalue weighted by atomic mass is 9.37. The second kappa shape index (κ2) is 9.96. The van der Waals surface area contributed by atoms with E-state index in [1.165, 1.54) is 5.57 Å². The van der Waals surface area contributed by atoms with Crippen molar-refractivity contribution >= 4 is 23.1 Å². The Balaban J connectivity index is 1.77. The van der Waals surface area contributed by atoms with Gasteiger partial charge in [0, 0.05) is 5.56 Å². The van der Waals surface area contributed by atoms with Crippen molar-refractivity contribution in [1.29, 1.82) is 0 Å². The van der Waals surface area contributed by atoms with Gasteiger partial charge in [0.05, 0.1) is 10.8 Å². The number of ketones is 4. The molecule has 5 aliphatic carbocycles. The summed E-state index contributed by atoms with van der Waals surface area (Å²) in [6, 6.07) is 8.86. The molecular weight excluding hydrogens is 520 g/mol. The Morgan fingerprint density at radius 3 is 2.14 bits per heavy atom. The van der Waals surface area contributed by atoms with Crippen molar-refractivity contribution in [3.8, 4) is 0 Å². The zero-order valence-corrected chi connectivity index (χ0v) is 27.2. The van der Waals surface area contributed by atoms with Crippen molar-refractivity contribution < 1.29 is 19.2 Å². The Hall–Kier alpha value is -2.62. The third kappa shape index (κ3) is 3.78. The molecule has 5 fully saturated rings. The van der Waals surface area contributed by atoms with Crippen LogP contribution in [0.1, 0.15) is 111 Å². The molecule has 5 aliphatic rings. The summed E-state index contributed by atoms with van der Waals surface area (Å²) in [5, 5.41) is 0. The average Bonchev–Trinajstić information content (AvgIpc) is 3.07. The first-order valence-corrected chi connectivity index (χ1v) is 16.1. The molecule has 42 heavy (non-hydrogen) atoms. The number of carbonyl (C=O) groups excluding carboxylic acids is 4. The first-order chi connectivity index (χ1) is 19.5. The van der Waals surface area contributed by atoms with Crippen LogP contribution in [-0.4, -0.2) is 23.1 Å². The molecule has 0 amide bonds. The van der Waals surface area contributed by atoms with Crippen LogP contribution in [0, 0.1) is 50.7 Å². The molecule has 6 atom stereocenters. The van der Waals surface area contributed by atoms with Crippen molar-refractivity contribution in [3.05, 3.63) is 59.2 Å². The van der Waals surface area contributed by atoms with Gasteiger partial charge in [-0.05, 0) is 93.8 Å². The summed E-state index contributed by atoms with van der Waals surface area (Å²) in [6.07, 6.45) is 7.86. The molecule has 1 spiro atoms. The maximum atomic E-state index is 15.4. The second-order valence-corrected chi connectivity index (χ2v) is 15.8. The van der Waals surface area contributed by atoms with Crippen LogP contribution in [0.4, 0.5) is 0 Å². The number of allylic oxidation sites excluding steroid dienone is 4. The summed E-state index contributed by atoms with van der Waals surface area (Å²) in [6.45, 7) is 19.0. The summed E-state index contributed by atoms with van der Waals surface area (Å²) in [4.78, 5) is 60.7. The molecule has 0 aromatic heterocycles. The van der Waals surface area contributed by atoms with Crippen molar-refractivity contribution in [2.24, 2.45) is 50.7 Å². The first-order valence-electron chi connectivity index (χ1n) is 16.1. The van der Waals surface area contributed by atoms with Crippen molar-refractivity contribution in [2.75, 3.05) is 0 Å². The summed E-state index contributed by atoms with van der Waals surface area (Å²) in [5.41, 5.74) is -2.93. The predicted octanol–water partition coefficient (Wildman–Crippen LogP) is 8.40. The molecule has 0 saturated heterocycles.